The molecule has 60 heavy (non-hydrogen) atoms. The average molecular weight is 871 g/mol. The Labute approximate surface area is 354 Å². The lowest BCUT2D eigenvalue weighted by Gasteiger charge is -2.34. The van der Waals surface area contributed by atoms with Crippen LogP contribution in [0.25, 0.3) is 0 Å². The maximum absolute atomic E-state index is 13.8. The minimum Gasteiger partial charge on any atom is -0.459 e. The third-order valence-electron chi connectivity index (χ3n) is 8.38. The van der Waals surface area contributed by atoms with E-state index in [9.17, 15) is 41.7 Å². The number of amides is 3. The molecule has 1 fully saturated rings. The highest BCUT2D eigenvalue weighted by Crippen LogP contribution is 2.18. The summed E-state index contributed by atoms with van der Waals surface area (Å²) in [6.45, 7) is 17.2. The van der Waals surface area contributed by atoms with Crippen molar-refractivity contribution in [2.24, 2.45) is 0 Å². The summed E-state index contributed by atoms with van der Waals surface area (Å²) in [5.74, 6) is -4.42. The van der Waals surface area contributed by atoms with Gasteiger partial charge in [-0.3, -0.25) is 43.2 Å². The monoisotopic (exact) mass is 870 g/mol. The SMILES string of the molecule is CC(C)(C)OC(=O)CN1CCN(CC(=O)OC(C)(C)C)CCN([C@H](CCC(=O)N[C@@H](CS(=O)(=O)O)C(=O)NCCNC(=O)OCc2ccccc2)C(=O)OC(C)(C)C)CC1. The van der Waals surface area contributed by atoms with Crippen molar-refractivity contribution >= 4 is 45.9 Å². The van der Waals surface area contributed by atoms with Gasteiger partial charge in [0.25, 0.3) is 10.1 Å². The molecule has 3 amide bonds. The Morgan fingerprint density at radius 2 is 1.20 bits per heavy atom. The molecule has 2 rings (SSSR count). The predicted molar refractivity (Wildman–Crippen MR) is 221 cm³/mol. The van der Waals surface area contributed by atoms with Crippen molar-refractivity contribution in [2.45, 2.75) is 111 Å². The number of esters is 3. The summed E-state index contributed by atoms with van der Waals surface area (Å²) >= 11 is 0. The number of ether oxygens (including phenoxy) is 4. The topological polar surface area (TPSA) is 240 Å². The Morgan fingerprint density at radius 1 is 0.717 bits per heavy atom. The Bertz CT molecular complexity index is 1650. The lowest BCUT2D eigenvalue weighted by atomic mass is 10.1. The molecule has 0 aromatic heterocycles. The van der Waals surface area contributed by atoms with Gasteiger partial charge in [0.2, 0.25) is 11.8 Å². The van der Waals surface area contributed by atoms with Gasteiger partial charge in [-0.05, 0) is 74.3 Å². The van der Waals surface area contributed by atoms with Crippen molar-refractivity contribution in [3.05, 3.63) is 35.9 Å². The van der Waals surface area contributed by atoms with Gasteiger partial charge in [-0.2, -0.15) is 8.42 Å². The molecule has 0 radical (unpaired) electrons. The molecule has 20 heteroatoms. The van der Waals surface area contributed by atoms with E-state index in [4.69, 9.17) is 18.9 Å². The molecule has 0 saturated carbocycles. The van der Waals surface area contributed by atoms with Crippen molar-refractivity contribution in [2.75, 3.05) is 71.2 Å². The van der Waals surface area contributed by atoms with Crippen molar-refractivity contribution in [1.82, 2.24) is 30.7 Å². The largest absolute Gasteiger partial charge is 0.459 e. The zero-order valence-electron chi connectivity index (χ0n) is 36.5. The van der Waals surface area contributed by atoms with Crippen LogP contribution in [0.3, 0.4) is 0 Å². The maximum Gasteiger partial charge on any atom is 0.407 e. The summed E-state index contributed by atoms with van der Waals surface area (Å²) in [4.78, 5) is 83.6. The van der Waals surface area contributed by atoms with Gasteiger partial charge >= 0.3 is 24.0 Å². The van der Waals surface area contributed by atoms with Gasteiger partial charge in [0.05, 0.1) is 13.1 Å². The zero-order valence-corrected chi connectivity index (χ0v) is 37.4. The quantitative estimate of drug-likeness (QED) is 0.0708. The van der Waals surface area contributed by atoms with Crippen molar-refractivity contribution < 1.29 is 60.7 Å². The molecule has 0 unspecified atom stereocenters. The van der Waals surface area contributed by atoms with Gasteiger partial charge in [-0.1, -0.05) is 30.3 Å². The van der Waals surface area contributed by atoms with E-state index >= 15 is 0 Å². The summed E-state index contributed by atoms with van der Waals surface area (Å²) in [5.41, 5.74) is -1.58. The maximum atomic E-state index is 13.8. The van der Waals surface area contributed by atoms with Crippen LogP contribution in [0, 0.1) is 0 Å². The fourth-order valence-electron chi connectivity index (χ4n) is 5.89. The first-order valence-corrected chi connectivity index (χ1v) is 21.6. The molecule has 19 nitrogen and oxygen atoms in total. The molecule has 1 aromatic carbocycles. The first-order chi connectivity index (χ1) is 27.7. The molecule has 0 spiro atoms. The average Bonchev–Trinajstić information content (AvgIpc) is 3.17. The third-order valence-corrected chi connectivity index (χ3v) is 9.14. The van der Waals surface area contributed by atoms with Crippen LogP contribution in [0.4, 0.5) is 4.79 Å². The van der Waals surface area contributed by atoms with Crippen LogP contribution in [-0.2, 0) is 59.6 Å². The van der Waals surface area contributed by atoms with Crippen molar-refractivity contribution in [3.63, 3.8) is 0 Å². The summed E-state index contributed by atoms with van der Waals surface area (Å²) in [7, 11) is -4.76. The summed E-state index contributed by atoms with van der Waals surface area (Å²) in [6.07, 6.45) is -1.25. The molecule has 0 aliphatic carbocycles. The highest BCUT2D eigenvalue weighted by Gasteiger charge is 2.34. The molecule has 1 heterocycles. The van der Waals surface area contributed by atoms with Gasteiger partial charge in [-0.15, -0.1) is 0 Å². The minimum atomic E-state index is -4.76. The molecule has 4 N–H and O–H groups in total. The van der Waals surface area contributed by atoms with Crippen LogP contribution in [0.5, 0.6) is 0 Å². The number of nitrogens with zero attached hydrogens (tertiary/aromatic N) is 3. The smallest absolute Gasteiger partial charge is 0.407 e. The number of alkyl carbamates (subject to hydrolysis) is 1. The number of benzene rings is 1. The minimum absolute atomic E-state index is 0.0210. The van der Waals surface area contributed by atoms with Crippen molar-refractivity contribution in [1.29, 1.82) is 0 Å². The van der Waals surface area contributed by atoms with Crippen LogP contribution in [0.15, 0.2) is 30.3 Å². The molecule has 0 bridgehead atoms. The molecule has 1 aromatic rings. The van der Waals surface area contributed by atoms with Crippen LogP contribution in [0.2, 0.25) is 0 Å². The number of carbonyl (C=O) groups excluding carboxylic acids is 6. The highest BCUT2D eigenvalue weighted by atomic mass is 32.2. The number of nitrogens with one attached hydrogen (secondary N) is 3. The predicted octanol–water partition coefficient (Wildman–Crippen LogP) is 1.50. The van der Waals surface area contributed by atoms with Crippen LogP contribution < -0.4 is 16.0 Å². The standard InChI is InChI=1S/C40H66N6O13S/c1-38(2,3)57-33(48)25-44-19-20-45(26-34(49)58-39(4,5)6)22-24-46(23-21-44)31(36(51)59-40(7,8)9)15-16-32(47)43-30(28-60(53,54)55)35(50)41-17-18-42-37(52)56-27-29-13-11-10-12-14-29/h10-14,30-31H,15-28H2,1-9H3,(H,41,50)(H,42,52)(H,43,47)(H,53,54,55)/t30-,31+/m0/s1. The normalized spacial score (nSPS) is 16.2. The van der Waals surface area contributed by atoms with Crippen molar-refractivity contribution in [3.8, 4) is 0 Å². The highest BCUT2D eigenvalue weighted by molar-refractivity contribution is 7.85. The zero-order chi connectivity index (χ0) is 45.3. The third kappa shape index (κ3) is 23.4. The van der Waals surface area contributed by atoms with Gasteiger partial charge in [0.1, 0.15) is 41.2 Å². The van der Waals surface area contributed by atoms with E-state index in [1.54, 1.807) is 91.5 Å². The van der Waals surface area contributed by atoms with Gasteiger partial charge in [0, 0.05) is 58.8 Å². The number of hydrogen-bond donors (Lipinski definition) is 4. The number of carbonyl (C=O) groups is 6. The Kier molecular flexibility index (Phi) is 20.3. The molecule has 340 valence electrons. The van der Waals surface area contributed by atoms with E-state index < -0.39 is 80.6 Å². The van der Waals surface area contributed by atoms with Gasteiger partial charge < -0.3 is 34.9 Å². The number of rotatable bonds is 18. The molecule has 1 saturated heterocycles. The molecule has 2 atom stereocenters. The fourth-order valence-corrected chi connectivity index (χ4v) is 6.55. The molecular weight excluding hydrogens is 805 g/mol. The number of hydrogen-bond acceptors (Lipinski definition) is 15. The first-order valence-electron chi connectivity index (χ1n) is 20.0. The van der Waals surface area contributed by atoms with E-state index in [1.165, 1.54) is 0 Å². The van der Waals surface area contributed by atoms with Gasteiger partial charge in [-0.25, -0.2) is 4.79 Å². The second-order valence-electron chi connectivity index (χ2n) is 17.5. The molecule has 1 aliphatic rings. The van der Waals surface area contributed by atoms with E-state index in [1.807, 2.05) is 15.9 Å². The van der Waals surface area contributed by atoms with Crippen LogP contribution in [-0.4, -0.2) is 164 Å². The van der Waals surface area contributed by atoms with E-state index in [0.717, 1.165) is 5.56 Å². The summed E-state index contributed by atoms with van der Waals surface area (Å²) in [5, 5.41) is 7.21. The van der Waals surface area contributed by atoms with Crippen LogP contribution >= 0.6 is 0 Å². The van der Waals surface area contributed by atoms with Crippen LogP contribution in [0.1, 0.15) is 80.7 Å². The fraction of sp³-hybridized carbons (Fsp3) is 0.700. The Hall–Kier alpha value is -4.37. The Morgan fingerprint density at radius 3 is 1.68 bits per heavy atom. The second kappa shape index (κ2) is 23.6. The van der Waals surface area contributed by atoms with E-state index in [2.05, 4.69) is 16.0 Å². The summed E-state index contributed by atoms with van der Waals surface area (Å²) in [6, 6.07) is 6.21. The first kappa shape index (κ1) is 51.8. The Balaban J connectivity index is 2.21. The summed E-state index contributed by atoms with van der Waals surface area (Å²) < 4.78 is 55.3. The molecule has 1 aliphatic heterocycles. The van der Waals surface area contributed by atoms with E-state index in [-0.39, 0.29) is 58.7 Å². The van der Waals surface area contributed by atoms with E-state index in [0.29, 0.717) is 26.2 Å². The lowest BCUT2D eigenvalue weighted by molar-refractivity contribution is -0.163. The van der Waals surface area contributed by atoms with Gasteiger partial charge in [0.15, 0.2) is 0 Å². The molecular formula is C40H66N6O13S. The lowest BCUT2D eigenvalue weighted by Crippen LogP contribution is -2.52. The second-order valence-corrected chi connectivity index (χ2v) is 19.0.